The summed E-state index contributed by atoms with van der Waals surface area (Å²) in [6.45, 7) is 3.56. The Morgan fingerprint density at radius 2 is 2.56 bits per heavy atom. The summed E-state index contributed by atoms with van der Waals surface area (Å²) >= 11 is 2.75. The first-order chi connectivity index (χ1) is 4.31. The third-order valence-corrected chi connectivity index (χ3v) is 0.680. The molecule has 0 aromatic heterocycles. The molecule has 48 valence electrons. The molecule has 0 amide bonds. The van der Waals surface area contributed by atoms with E-state index in [-0.39, 0.29) is 6.61 Å². The Labute approximate surface area is 62.0 Å². The van der Waals surface area contributed by atoms with Crippen molar-refractivity contribution in [1.29, 1.82) is 0 Å². The lowest BCUT2D eigenvalue weighted by atomic mass is 10.6. The van der Waals surface area contributed by atoms with Crippen molar-refractivity contribution in [2.24, 2.45) is 0 Å². The van der Waals surface area contributed by atoms with Crippen LogP contribution in [0.15, 0.2) is 12.7 Å². The molecule has 0 saturated heterocycles. The maximum atomic E-state index is 10.3. The van der Waals surface area contributed by atoms with Crippen molar-refractivity contribution in [3.05, 3.63) is 12.7 Å². The van der Waals surface area contributed by atoms with Gasteiger partial charge < -0.3 is 4.74 Å². The SMILES string of the molecule is C=CCOC(=O)C#CBr. The van der Waals surface area contributed by atoms with Gasteiger partial charge in [0.15, 0.2) is 0 Å². The van der Waals surface area contributed by atoms with Crippen molar-refractivity contribution in [3.8, 4) is 10.8 Å². The number of carbonyl (C=O) groups excluding carboxylic acids is 1. The number of halogens is 1. The van der Waals surface area contributed by atoms with Gasteiger partial charge in [-0.05, 0) is 4.83 Å². The lowest BCUT2D eigenvalue weighted by Crippen LogP contribution is -1.99. The molecule has 0 fully saturated rings. The van der Waals surface area contributed by atoms with Gasteiger partial charge in [-0.25, -0.2) is 4.79 Å². The summed E-state index contributed by atoms with van der Waals surface area (Å²) in [5.74, 6) is 1.59. The molecule has 0 atom stereocenters. The second-order valence-corrected chi connectivity index (χ2v) is 1.50. The highest BCUT2D eigenvalue weighted by atomic mass is 79.9. The van der Waals surface area contributed by atoms with Gasteiger partial charge in [-0.2, -0.15) is 0 Å². The number of hydrogen-bond donors (Lipinski definition) is 0. The summed E-state index contributed by atoms with van der Waals surface area (Å²) in [6.07, 6.45) is 1.48. The highest BCUT2D eigenvalue weighted by molar-refractivity contribution is 9.12. The van der Waals surface area contributed by atoms with Crippen LogP contribution in [0, 0.1) is 10.8 Å². The first-order valence-electron chi connectivity index (χ1n) is 2.20. The van der Waals surface area contributed by atoms with Gasteiger partial charge in [-0.1, -0.05) is 12.7 Å². The largest absolute Gasteiger partial charge is 0.452 e. The smallest absolute Gasteiger partial charge is 0.385 e. The molecule has 3 heteroatoms. The fourth-order valence-electron chi connectivity index (χ4n) is 0.209. The molecule has 0 aliphatic rings. The summed E-state index contributed by atoms with van der Waals surface area (Å²) in [6, 6.07) is 0. The van der Waals surface area contributed by atoms with Crippen molar-refractivity contribution in [3.63, 3.8) is 0 Å². The molecule has 0 aromatic carbocycles. The van der Waals surface area contributed by atoms with Crippen LogP contribution < -0.4 is 0 Å². The molecule has 0 spiro atoms. The average molecular weight is 189 g/mol. The van der Waals surface area contributed by atoms with Gasteiger partial charge in [0.05, 0.1) is 0 Å². The lowest BCUT2D eigenvalue weighted by Gasteiger charge is -1.90. The molecule has 0 aliphatic heterocycles. The Kier molecular flexibility index (Phi) is 4.94. The van der Waals surface area contributed by atoms with Gasteiger partial charge in [0.1, 0.15) is 6.61 Å². The van der Waals surface area contributed by atoms with Crippen LogP contribution in [-0.2, 0) is 9.53 Å². The second-order valence-electron chi connectivity index (χ2n) is 1.11. The summed E-state index contributed by atoms with van der Waals surface area (Å²) in [5.41, 5.74) is 0. The van der Waals surface area contributed by atoms with Crippen molar-refractivity contribution in [1.82, 2.24) is 0 Å². The van der Waals surface area contributed by atoms with E-state index in [4.69, 9.17) is 0 Å². The van der Waals surface area contributed by atoms with Crippen molar-refractivity contribution >= 4 is 21.9 Å². The van der Waals surface area contributed by atoms with Crippen molar-refractivity contribution < 1.29 is 9.53 Å². The van der Waals surface area contributed by atoms with Crippen molar-refractivity contribution in [2.75, 3.05) is 6.61 Å². The molecule has 0 heterocycles. The van der Waals surface area contributed by atoms with Crippen LogP contribution >= 0.6 is 15.9 Å². The summed E-state index contributed by atoms with van der Waals surface area (Å²) in [4.78, 5) is 12.6. The molecule has 0 aliphatic carbocycles. The van der Waals surface area contributed by atoms with Gasteiger partial charge in [0.25, 0.3) is 0 Å². The van der Waals surface area contributed by atoms with E-state index < -0.39 is 5.97 Å². The Morgan fingerprint density at radius 1 is 1.89 bits per heavy atom. The third kappa shape index (κ3) is 5.12. The first-order valence-corrected chi connectivity index (χ1v) is 3.00. The first kappa shape index (κ1) is 8.25. The summed E-state index contributed by atoms with van der Waals surface area (Å²) in [7, 11) is 0. The number of ether oxygens (including phenoxy) is 1. The summed E-state index contributed by atoms with van der Waals surface area (Å²) in [5, 5.41) is 0. The van der Waals surface area contributed by atoms with E-state index in [0.717, 1.165) is 0 Å². The number of esters is 1. The van der Waals surface area contributed by atoms with Crippen LogP contribution in [0.4, 0.5) is 0 Å². The molecule has 0 bridgehead atoms. The van der Waals surface area contributed by atoms with E-state index in [1.165, 1.54) is 6.08 Å². The molecular weight excluding hydrogens is 184 g/mol. The molecule has 0 N–H and O–H groups in total. The molecule has 0 rings (SSSR count). The van der Waals surface area contributed by atoms with Crippen LogP contribution in [0.3, 0.4) is 0 Å². The molecule has 0 radical (unpaired) electrons. The topological polar surface area (TPSA) is 26.3 Å². The maximum absolute atomic E-state index is 10.3. The zero-order valence-electron chi connectivity index (χ0n) is 4.69. The highest BCUT2D eigenvalue weighted by Gasteiger charge is 1.90. The monoisotopic (exact) mass is 188 g/mol. The Morgan fingerprint density at radius 3 is 3.00 bits per heavy atom. The lowest BCUT2D eigenvalue weighted by molar-refractivity contribution is -0.135. The number of rotatable bonds is 2. The van der Waals surface area contributed by atoms with E-state index >= 15 is 0 Å². The molecule has 9 heavy (non-hydrogen) atoms. The van der Waals surface area contributed by atoms with E-state index in [1.807, 2.05) is 0 Å². The zero-order valence-corrected chi connectivity index (χ0v) is 6.27. The molecule has 0 saturated carbocycles. The van der Waals surface area contributed by atoms with Gasteiger partial charge in [0.2, 0.25) is 0 Å². The molecule has 0 aromatic rings. The van der Waals surface area contributed by atoms with Crippen LogP contribution in [0.25, 0.3) is 0 Å². The third-order valence-electron chi connectivity index (χ3n) is 0.482. The Hall–Kier alpha value is -0.750. The van der Waals surface area contributed by atoms with E-state index in [9.17, 15) is 4.79 Å². The molecule has 0 unspecified atom stereocenters. The van der Waals surface area contributed by atoms with Gasteiger partial charge in [-0.15, -0.1) is 0 Å². The quantitative estimate of drug-likeness (QED) is 0.369. The van der Waals surface area contributed by atoms with Crippen LogP contribution in [0.2, 0.25) is 0 Å². The summed E-state index contributed by atoms with van der Waals surface area (Å²) < 4.78 is 4.47. The van der Waals surface area contributed by atoms with Crippen LogP contribution in [0.1, 0.15) is 0 Å². The second kappa shape index (κ2) is 5.39. The van der Waals surface area contributed by atoms with Gasteiger partial charge in [0, 0.05) is 21.9 Å². The Bertz CT molecular complexity index is 164. The minimum Gasteiger partial charge on any atom is -0.452 e. The Balaban J connectivity index is 3.47. The highest BCUT2D eigenvalue weighted by Crippen LogP contribution is 1.77. The standard InChI is InChI=1S/C6H5BrO2/c1-2-5-9-6(8)3-4-7/h2H,1,5H2. The normalized spacial score (nSPS) is 6.78. The zero-order chi connectivity index (χ0) is 7.11. The van der Waals surface area contributed by atoms with Crippen LogP contribution in [0.5, 0.6) is 0 Å². The number of hydrogen-bond acceptors (Lipinski definition) is 2. The number of carbonyl (C=O) groups is 1. The van der Waals surface area contributed by atoms with Gasteiger partial charge >= 0.3 is 5.97 Å². The van der Waals surface area contributed by atoms with Gasteiger partial charge in [-0.3, -0.25) is 0 Å². The van der Waals surface area contributed by atoms with E-state index in [1.54, 1.807) is 0 Å². The van der Waals surface area contributed by atoms with E-state index in [2.05, 4.69) is 38.0 Å². The predicted octanol–water partition coefficient (Wildman–Crippen LogP) is 1.07. The fraction of sp³-hybridized carbons (Fsp3) is 0.167. The minimum absolute atomic E-state index is 0.209. The maximum Gasteiger partial charge on any atom is 0.385 e. The van der Waals surface area contributed by atoms with Crippen LogP contribution in [-0.4, -0.2) is 12.6 Å². The average Bonchev–Trinajstić information content (AvgIpc) is 1.85. The minimum atomic E-state index is -0.549. The molecule has 2 nitrogen and oxygen atoms in total. The van der Waals surface area contributed by atoms with Crippen molar-refractivity contribution in [2.45, 2.75) is 0 Å². The van der Waals surface area contributed by atoms with E-state index in [0.29, 0.717) is 0 Å². The predicted molar refractivity (Wildman–Crippen MR) is 37.9 cm³/mol. The molecular formula is C6H5BrO2. The fourth-order valence-corrected chi connectivity index (χ4v) is 0.371.